The van der Waals surface area contributed by atoms with Crippen molar-refractivity contribution < 1.29 is 9.59 Å². The molecule has 2 rings (SSSR count). The van der Waals surface area contributed by atoms with Gasteiger partial charge in [-0.15, -0.1) is 0 Å². The summed E-state index contributed by atoms with van der Waals surface area (Å²) in [7, 11) is 0. The SMILES string of the molecule is CC1(C)CC(=O)CCN1C(=O)CCC1CCCC1. The summed E-state index contributed by atoms with van der Waals surface area (Å²) in [6.45, 7) is 4.64. The fourth-order valence-corrected chi connectivity index (χ4v) is 3.43. The highest BCUT2D eigenvalue weighted by molar-refractivity contribution is 5.85. The molecule has 1 amide bonds. The molecule has 0 N–H and O–H groups in total. The summed E-state index contributed by atoms with van der Waals surface area (Å²) >= 11 is 0. The smallest absolute Gasteiger partial charge is 0.223 e. The van der Waals surface area contributed by atoms with Gasteiger partial charge in [0, 0.05) is 31.3 Å². The lowest BCUT2D eigenvalue weighted by Gasteiger charge is -2.42. The first-order valence-electron chi connectivity index (χ1n) is 7.31. The maximum atomic E-state index is 12.3. The van der Waals surface area contributed by atoms with Crippen molar-refractivity contribution in [3.63, 3.8) is 0 Å². The number of hydrogen-bond donors (Lipinski definition) is 0. The second kappa shape index (κ2) is 5.41. The van der Waals surface area contributed by atoms with Crippen molar-refractivity contribution in [3.05, 3.63) is 0 Å². The van der Waals surface area contributed by atoms with Crippen LogP contribution in [0.3, 0.4) is 0 Å². The minimum atomic E-state index is -0.276. The van der Waals surface area contributed by atoms with Gasteiger partial charge in [0.2, 0.25) is 5.91 Å². The van der Waals surface area contributed by atoms with E-state index >= 15 is 0 Å². The van der Waals surface area contributed by atoms with Crippen LogP contribution in [0.2, 0.25) is 0 Å². The van der Waals surface area contributed by atoms with E-state index in [1.54, 1.807) is 0 Å². The molecule has 0 aromatic heterocycles. The van der Waals surface area contributed by atoms with Crippen LogP contribution in [0.25, 0.3) is 0 Å². The van der Waals surface area contributed by atoms with Crippen LogP contribution < -0.4 is 0 Å². The van der Waals surface area contributed by atoms with Gasteiger partial charge >= 0.3 is 0 Å². The molecule has 1 saturated carbocycles. The van der Waals surface area contributed by atoms with Crippen molar-refractivity contribution in [3.8, 4) is 0 Å². The van der Waals surface area contributed by atoms with Crippen LogP contribution in [0.1, 0.15) is 65.2 Å². The average molecular weight is 251 g/mol. The lowest BCUT2D eigenvalue weighted by Crippen LogP contribution is -2.53. The second-order valence-electron chi connectivity index (χ2n) is 6.51. The van der Waals surface area contributed by atoms with Gasteiger partial charge in [0.25, 0.3) is 0 Å². The number of ketones is 1. The molecular formula is C15H25NO2. The topological polar surface area (TPSA) is 37.4 Å². The van der Waals surface area contributed by atoms with E-state index in [4.69, 9.17) is 0 Å². The number of amides is 1. The third-order valence-electron chi connectivity index (χ3n) is 4.52. The predicted molar refractivity (Wildman–Crippen MR) is 71.2 cm³/mol. The van der Waals surface area contributed by atoms with E-state index in [0.717, 1.165) is 12.3 Å². The molecule has 0 aromatic rings. The van der Waals surface area contributed by atoms with Crippen LogP contribution in [0.15, 0.2) is 0 Å². The van der Waals surface area contributed by atoms with Crippen LogP contribution in [-0.2, 0) is 9.59 Å². The Bertz CT molecular complexity index is 329. The maximum absolute atomic E-state index is 12.3. The zero-order valence-corrected chi connectivity index (χ0v) is 11.7. The molecule has 0 bridgehead atoms. The number of carbonyl (C=O) groups excluding carboxylic acids is 2. The Morgan fingerprint density at radius 3 is 2.61 bits per heavy atom. The standard InChI is InChI=1S/C15H25NO2/c1-15(2)11-13(17)9-10-16(15)14(18)8-7-12-5-3-4-6-12/h12H,3-11H2,1-2H3. The van der Waals surface area contributed by atoms with Crippen molar-refractivity contribution in [2.45, 2.75) is 70.8 Å². The Labute approximate surface area is 110 Å². The van der Waals surface area contributed by atoms with Gasteiger partial charge in [-0.3, -0.25) is 9.59 Å². The summed E-state index contributed by atoms with van der Waals surface area (Å²) in [6, 6.07) is 0. The highest BCUT2D eigenvalue weighted by atomic mass is 16.2. The van der Waals surface area contributed by atoms with Gasteiger partial charge in [-0.05, 0) is 26.2 Å². The van der Waals surface area contributed by atoms with Crippen LogP contribution in [-0.4, -0.2) is 28.7 Å². The second-order valence-corrected chi connectivity index (χ2v) is 6.51. The van der Waals surface area contributed by atoms with Gasteiger partial charge in [-0.25, -0.2) is 0 Å². The van der Waals surface area contributed by atoms with E-state index in [1.807, 2.05) is 18.7 Å². The minimum absolute atomic E-state index is 0.249. The van der Waals surface area contributed by atoms with Gasteiger partial charge in [-0.1, -0.05) is 25.7 Å². The van der Waals surface area contributed by atoms with Crippen LogP contribution in [0.4, 0.5) is 0 Å². The normalized spacial score (nSPS) is 24.6. The molecule has 0 atom stereocenters. The van der Waals surface area contributed by atoms with Crippen molar-refractivity contribution >= 4 is 11.7 Å². The lowest BCUT2D eigenvalue weighted by molar-refractivity contribution is -0.142. The Kier molecular flexibility index (Phi) is 4.08. The molecule has 102 valence electrons. The number of likely N-dealkylation sites (tertiary alicyclic amines) is 1. The van der Waals surface area contributed by atoms with Crippen molar-refractivity contribution in [1.29, 1.82) is 0 Å². The van der Waals surface area contributed by atoms with Crippen molar-refractivity contribution in [1.82, 2.24) is 4.90 Å². The average Bonchev–Trinajstić information content (AvgIpc) is 2.77. The Morgan fingerprint density at radius 1 is 1.33 bits per heavy atom. The number of nitrogens with zero attached hydrogens (tertiary/aromatic N) is 1. The summed E-state index contributed by atoms with van der Waals surface area (Å²) < 4.78 is 0. The highest BCUT2D eigenvalue weighted by Gasteiger charge is 2.36. The van der Waals surface area contributed by atoms with Crippen LogP contribution in [0.5, 0.6) is 0 Å². The van der Waals surface area contributed by atoms with Crippen molar-refractivity contribution in [2.24, 2.45) is 5.92 Å². The maximum Gasteiger partial charge on any atom is 0.223 e. The fraction of sp³-hybridized carbons (Fsp3) is 0.867. The Morgan fingerprint density at radius 2 is 2.00 bits per heavy atom. The first-order valence-corrected chi connectivity index (χ1v) is 7.31. The molecule has 1 saturated heterocycles. The Balaban J connectivity index is 1.85. The minimum Gasteiger partial charge on any atom is -0.337 e. The molecular weight excluding hydrogens is 226 g/mol. The molecule has 3 nitrogen and oxygen atoms in total. The zero-order valence-electron chi connectivity index (χ0n) is 11.7. The van der Waals surface area contributed by atoms with Crippen LogP contribution >= 0.6 is 0 Å². The summed E-state index contributed by atoms with van der Waals surface area (Å²) in [5.74, 6) is 1.31. The monoisotopic (exact) mass is 251 g/mol. The molecule has 0 unspecified atom stereocenters. The summed E-state index contributed by atoms with van der Waals surface area (Å²) in [5.41, 5.74) is -0.276. The van der Waals surface area contributed by atoms with E-state index < -0.39 is 0 Å². The fourth-order valence-electron chi connectivity index (χ4n) is 3.43. The molecule has 3 heteroatoms. The number of rotatable bonds is 3. The van der Waals surface area contributed by atoms with E-state index in [9.17, 15) is 9.59 Å². The summed E-state index contributed by atoms with van der Waals surface area (Å²) in [5, 5.41) is 0. The predicted octanol–water partition coefficient (Wildman–Crippen LogP) is 2.93. The third kappa shape index (κ3) is 3.12. The molecule has 1 aliphatic carbocycles. The number of carbonyl (C=O) groups is 2. The summed E-state index contributed by atoms with van der Waals surface area (Å²) in [6.07, 6.45) is 8.04. The van der Waals surface area contributed by atoms with Gasteiger partial charge < -0.3 is 4.90 Å². The van der Waals surface area contributed by atoms with E-state index in [2.05, 4.69) is 0 Å². The van der Waals surface area contributed by atoms with E-state index in [-0.39, 0.29) is 11.4 Å². The molecule has 18 heavy (non-hydrogen) atoms. The Hall–Kier alpha value is -0.860. The quantitative estimate of drug-likeness (QED) is 0.773. The van der Waals surface area contributed by atoms with Gasteiger partial charge in [0.1, 0.15) is 5.78 Å². The molecule has 1 heterocycles. The van der Waals surface area contributed by atoms with Gasteiger partial charge in [-0.2, -0.15) is 0 Å². The van der Waals surface area contributed by atoms with Crippen molar-refractivity contribution in [2.75, 3.05) is 6.54 Å². The van der Waals surface area contributed by atoms with E-state index in [0.29, 0.717) is 31.6 Å². The van der Waals surface area contributed by atoms with E-state index in [1.165, 1.54) is 25.7 Å². The largest absolute Gasteiger partial charge is 0.337 e. The molecule has 0 aromatic carbocycles. The highest BCUT2D eigenvalue weighted by Crippen LogP contribution is 2.30. The molecule has 2 aliphatic rings. The zero-order chi connectivity index (χ0) is 13.2. The number of hydrogen-bond acceptors (Lipinski definition) is 2. The van der Waals surface area contributed by atoms with Gasteiger partial charge in [0.05, 0.1) is 0 Å². The first kappa shape index (κ1) is 13.6. The lowest BCUT2D eigenvalue weighted by atomic mass is 9.88. The number of Topliss-reactive ketones (excluding diaryl/α,β-unsaturated/α-hetero) is 1. The van der Waals surface area contributed by atoms with Crippen LogP contribution in [0, 0.1) is 5.92 Å². The number of piperidine rings is 1. The molecule has 1 aliphatic heterocycles. The van der Waals surface area contributed by atoms with Gasteiger partial charge in [0.15, 0.2) is 0 Å². The summed E-state index contributed by atoms with van der Waals surface area (Å²) in [4.78, 5) is 25.7. The molecule has 2 fully saturated rings. The third-order valence-corrected chi connectivity index (χ3v) is 4.52. The molecule has 0 spiro atoms. The molecule has 0 radical (unpaired) electrons. The first-order chi connectivity index (χ1) is 8.49.